The Kier molecular flexibility index (Phi) is 6.19. The second-order valence-electron chi connectivity index (χ2n) is 9.33. The van der Waals surface area contributed by atoms with E-state index in [9.17, 15) is 0 Å². The van der Waals surface area contributed by atoms with Gasteiger partial charge in [0.25, 0.3) is 0 Å². The van der Waals surface area contributed by atoms with E-state index in [1.54, 1.807) is 0 Å². The van der Waals surface area contributed by atoms with Crippen molar-refractivity contribution in [3.05, 3.63) is 83.6 Å². The van der Waals surface area contributed by atoms with Crippen molar-refractivity contribution in [2.24, 2.45) is 5.92 Å². The highest BCUT2D eigenvalue weighted by Crippen LogP contribution is 2.27. The van der Waals surface area contributed by atoms with Crippen molar-refractivity contribution in [3.63, 3.8) is 0 Å². The van der Waals surface area contributed by atoms with Gasteiger partial charge in [-0.3, -0.25) is 4.98 Å². The number of benzene rings is 2. The third kappa shape index (κ3) is 4.80. The Bertz CT molecular complexity index is 905. The maximum atomic E-state index is 4.85. The predicted molar refractivity (Wildman–Crippen MR) is 125 cm³/mol. The van der Waals surface area contributed by atoms with Crippen LogP contribution in [0.25, 0.3) is 11.3 Å². The minimum atomic E-state index is -1.39. The van der Waals surface area contributed by atoms with Crippen LogP contribution in [-0.2, 0) is 6.42 Å². The minimum absolute atomic E-state index is 0.397. The molecule has 0 aliphatic heterocycles. The molecule has 0 bridgehead atoms. The first kappa shape index (κ1) is 20.5. The maximum absolute atomic E-state index is 4.85. The van der Waals surface area contributed by atoms with Crippen LogP contribution in [0.5, 0.6) is 0 Å². The van der Waals surface area contributed by atoms with Crippen LogP contribution in [0.3, 0.4) is 0 Å². The lowest BCUT2D eigenvalue weighted by molar-refractivity contribution is 0.649. The first-order valence-electron chi connectivity index (χ1n) is 10.4. The number of pyridine rings is 1. The lowest BCUT2D eigenvalue weighted by atomic mass is 9.92. The minimum Gasteiger partial charge on any atom is -0.256 e. The molecule has 3 aromatic rings. The molecule has 0 saturated heterocycles. The SMILES string of the molecule is CC(C)Cc1cc(-c2ccc(C(C)c3ccccc3)cc2)ncc1[Si](C)(C)C. The Labute approximate surface area is 171 Å². The summed E-state index contributed by atoms with van der Waals surface area (Å²) in [4.78, 5) is 4.85. The average molecular weight is 388 g/mol. The lowest BCUT2D eigenvalue weighted by Gasteiger charge is -2.22. The van der Waals surface area contributed by atoms with Gasteiger partial charge in [0, 0.05) is 17.7 Å². The molecule has 2 heteroatoms. The van der Waals surface area contributed by atoms with Crippen LogP contribution in [0.2, 0.25) is 19.6 Å². The summed E-state index contributed by atoms with van der Waals surface area (Å²) < 4.78 is 0. The van der Waals surface area contributed by atoms with Gasteiger partial charge in [0.2, 0.25) is 0 Å². The van der Waals surface area contributed by atoms with Crippen molar-refractivity contribution in [1.82, 2.24) is 4.98 Å². The Morgan fingerprint density at radius 3 is 2.00 bits per heavy atom. The molecular formula is C26H33NSi. The van der Waals surface area contributed by atoms with Crippen LogP contribution in [0.4, 0.5) is 0 Å². The summed E-state index contributed by atoms with van der Waals surface area (Å²) in [5.41, 5.74) is 6.48. The smallest absolute Gasteiger partial charge is 0.0799 e. The molecule has 0 spiro atoms. The van der Waals surface area contributed by atoms with Gasteiger partial charge in [-0.1, -0.05) is 95.0 Å². The largest absolute Gasteiger partial charge is 0.256 e. The molecule has 0 aliphatic carbocycles. The summed E-state index contributed by atoms with van der Waals surface area (Å²) >= 11 is 0. The summed E-state index contributed by atoms with van der Waals surface area (Å²) in [6.45, 7) is 14.1. The van der Waals surface area contributed by atoms with E-state index in [2.05, 4.69) is 107 Å². The molecule has 1 nitrogen and oxygen atoms in total. The molecule has 0 N–H and O–H groups in total. The van der Waals surface area contributed by atoms with Crippen LogP contribution in [0, 0.1) is 5.92 Å². The van der Waals surface area contributed by atoms with Crippen LogP contribution < -0.4 is 5.19 Å². The van der Waals surface area contributed by atoms with Gasteiger partial charge >= 0.3 is 0 Å². The fourth-order valence-corrected chi connectivity index (χ4v) is 5.41. The van der Waals surface area contributed by atoms with Crippen LogP contribution >= 0.6 is 0 Å². The third-order valence-corrected chi connectivity index (χ3v) is 7.50. The van der Waals surface area contributed by atoms with E-state index in [0.717, 1.165) is 12.1 Å². The third-order valence-electron chi connectivity index (χ3n) is 5.43. The number of hydrogen-bond acceptors (Lipinski definition) is 1. The molecular weight excluding hydrogens is 354 g/mol. The van der Waals surface area contributed by atoms with E-state index in [4.69, 9.17) is 4.98 Å². The number of aromatic nitrogens is 1. The molecule has 0 amide bonds. The second kappa shape index (κ2) is 8.44. The van der Waals surface area contributed by atoms with Crippen molar-refractivity contribution in [3.8, 4) is 11.3 Å². The van der Waals surface area contributed by atoms with Gasteiger partial charge in [-0.2, -0.15) is 0 Å². The first-order chi connectivity index (χ1) is 13.3. The molecule has 1 heterocycles. The van der Waals surface area contributed by atoms with E-state index < -0.39 is 8.07 Å². The van der Waals surface area contributed by atoms with Gasteiger partial charge in [-0.05, 0) is 40.3 Å². The van der Waals surface area contributed by atoms with Crippen LogP contribution in [-0.4, -0.2) is 13.1 Å². The van der Waals surface area contributed by atoms with Crippen molar-refractivity contribution in [2.45, 2.75) is 52.8 Å². The molecule has 1 unspecified atom stereocenters. The summed E-state index contributed by atoms with van der Waals surface area (Å²) in [6, 6.07) is 22.0. The Morgan fingerprint density at radius 2 is 1.43 bits per heavy atom. The molecule has 28 heavy (non-hydrogen) atoms. The normalized spacial score (nSPS) is 13.0. The molecule has 0 saturated carbocycles. The van der Waals surface area contributed by atoms with Crippen molar-refractivity contribution >= 4 is 13.3 Å². The predicted octanol–water partition coefficient (Wildman–Crippen LogP) is 6.64. The molecule has 0 fully saturated rings. The Morgan fingerprint density at radius 1 is 0.821 bits per heavy atom. The number of hydrogen-bond donors (Lipinski definition) is 0. The van der Waals surface area contributed by atoms with Crippen molar-refractivity contribution < 1.29 is 0 Å². The van der Waals surface area contributed by atoms with Crippen LogP contribution in [0.1, 0.15) is 43.4 Å². The number of nitrogens with zero attached hydrogens (tertiary/aromatic N) is 1. The summed E-state index contributed by atoms with van der Waals surface area (Å²) in [5.74, 6) is 1.05. The van der Waals surface area contributed by atoms with E-state index >= 15 is 0 Å². The van der Waals surface area contributed by atoms with Crippen LogP contribution in [0.15, 0.2) is 66.9 Å². The highest BCUT2D eigenvalue weighted by atomic mass is 28.3. The van der Waals surface area contributed by atoms with Gasteiger partial charge in [-0.25, -0.2) is 0 Å². The zero-order valence-corrected chi connectivity index (χ0v) is 19.2. The zero-order valence-electron chi connectivity index (χ0n) is 18.2. The summed E-state index contributed by atoms with van der Waals surface area (Å²) in [7, 11) is -1.39. The molecule has 2 aromatic carbocycles. The number of rotatable bonds is 6. The highest BCUT2D eigenvalue weighted by Gasteiger charge is 2.21. The molecule has 146 valence electrons. The first-order valence-corrected chi connectivity index (χ1v) is 13.9. The van der Waals surface area contributed by atoms with E-state index in [-0.39, 0.29) is 0 Å². The van der Waals surface area contributed by atoms with Gasteiger partial charge in [0.05, 0.1) is 13.8 Å². The Balaban J connectivity index is 1.91. The van der Waals surface area contributed by atoms with Gasteiger partial charge in [-0.15, -0.1) is 0 Å². The van der Waals surface area contributed by atoms with Gasteiger partial charge < -0.3 is 0 Å². The molecule has 3 rings (SSSR count). The monoisotopic (exact) mass is 387 g/mol. The van der Waals surface area contributed by atoms with E-state index in [1.165, 1.54) is 27.4 Å². The highest BCUT2D eigenvalue weighted by molar-refractivity contribution is 6.89. The topological polar surface area (TPSA) is 12.9 Å². The molecule has 0 radical (unpaired) electrons. The van der Waals surface area contributed by atoms with E-state index in [1.807, 2.05) is 0 Å². The second-order valence-corrected chi connectivity index (χ2v) is 14.4. The molecule has 1 atom stereocenters. The zero-order chi connectivity index (χ0) is 20.3. The fourth-order valence-electron chi connectivity index (χ4n) is 3.82. The Hall–Kier alpha value is -2.19. The molecule has 1 aromatic heterocycles. The summed E-state index contributed by atoms with van der Waals surface area (Å²) in [5, 5.41) is 1.50. The fraction of sp³-hybridized carbons (Fsp3) is 0.346. The van der Waals surface area contributed by atoms with Gasteiger partial charge in [0.15, 0.2) is 0 Å². The lowest BCUT2D eigenvalue weighted by Crippen LogP contribution is -2.40. The van der Waals surface area contributed by atoms with Gasteiger partial charge in [0.1, 0.15) is 0 Å². The van der Waals surface area contributed by atoms with E-state index in [0.29, 0.717) is 11.8 Å². The van der Waals surface area contributed by atoms with Crippen molar-refractivity contribution in [1.29, 1.82) is 0 Å². The molecule has 0 aliphatic rings. The maximum Gasteiger partial charge on any atom is 0.0799 e. The summed E-state index contributed by atoms with van der Waals surface area (Å²) in [6.07, 6.45) is 3.28. The average Bonchev–Trinajstić information content (AvgIpc) is 2.67. The quantitative estimate of drug-likeness (QED) is 0.432. The van der Waals surface area contributed by atoms with Crippen molar-refractivity contribution in [2.75, 3.05) is 0 Å². The standard InChI is InChI=1S/C26H33NSi/c1-19(2)16-24-17-25(27-18-26(24)28(4,5)6)23-14-12-22(13-15-23)20(3)21-10-8-7-9-11-21/h7-15,17-20H,16H2,1-6H3.